The van der Waals surface area contributed by atoms with Gasteiger partial charge in [0.05, 0.1) is 6.54 Å². The van der Waals surface area contributed by atoms with Gasteiger partial charge in [-0.3, -0.25) is 4.79 Å². The Kier molecular flexibility index (Phi) is 5.37. The van der Waals surface area contributed by atoms with Crippen LogP contribution in [0.5, 0.6) is 0 Å². The number of halogens is 1. The van der Waals surface area contributed by atoms with Crippen LogP contribution < -0.4 is 10.2 Å². The second-order valence-corrected chi connectivity index (χ2v) is 6.50. The fourth-order valence-electron chi connectivity index (χ4n) is 3.56. The Balaban J connectivity index is 1.77. The molecule has 3 nitrogen and oxygen atoms in total. The van der Waals surface area contributed by atoms with Crippen LogP contribution in [-0.2, 0) is 24.1 Å². The molecule has 4 heteroatoms. The molecule has 0 aliphatic carbocycles. The minimum Gasteiger partial charge on any atom is -0.362 e. The Hall–Kier alpha value is -2.36. The molecule has 0 aromatic heterocycles. The lowest BCUT2D eigenvalue weighted by atomic mass is 10.0. The van der Waals surface area contributed by atoms with Crippen LogP contribution in [0.15, 0.2) is 36.4 Å². The maximum absolute atomic E-state index is 13.4. The molecule has 0 unspecified atom stereocenters. The molecule has 2 aromatic carbocycles. The summed E-state index contributed by atoms with van der Waals surface area (Å²) in [6, 6.07) is 11.0. The van der Waals surface area contributed by atoms with Crippen LogP contribution >= 0.6 is 0 Å². The standard InChI is InChI=1S/C21H25FN2O/c1-3-15-7-5-8-16(4-2)21(15)23-20(25)14-24-12-6-9-17-13-18(22)10-11-19(17)24/h5,7-8,10-11,13H,3-4,6,9,12,14H2,1-2H3,(H,23,25). The van der Waals surface area contributed by atoms with Crippen molar-refractivity contribution in [3.63, 3.8) is 0 Å². The minimum atomic E-state index is -0.213. The van der Waals surface area contributed by atoms with Crippen molar-refractivity contribution in [1.82, 2.24) is 0 Å². The minimum absolute atomic E-state index is 0.0206. The van der Waals surface area contributed by atoms with Gasteiger partial charge in [-0.15, -0.1) is 0 Å². The number of carbonyl (C=O) groups excluding carboxylic acids is 1. The summed E-state index contributed by atoms with van der Waals surface area (Å²) < 4.78 is 13.4. The van der Waals surface area contributed by atoms with Crippen molar-refractivity contribution in [3.05, 3.63) is 58.9 Å². The number of rotatable bonds is 5. The predicted molar refractivity (Wildman–Crippen MR) is 101 cm³/mol. The zero-order valence-corrected chi connectivity index (χ0v) is 14.9. The average molecular weight is 340 g/mol. The molecule has 0 spiro atoms. The number of nitrogens with one attached hydrogen (secondary N) is 1. The van der Waals surface area contributed by atoms with Gasteiger partial charge < -0.3 is 10.2 Å². The van der Waals surface area contributed by atoms with Gasteiger partial charge in [0.15, 0.2) is 0 Å². The summed E-state index contributed by atoms with van der Waals surface area (Å²) in [5.41, 5.74) is 5.24. The summed E-state index contributed by atoms with van der Waals surface area (Å²) in [7, 11) is 0. The van der Waals surface area contributed by atoms with E-state index in [0.29, 0.717) is 6.54 Å². The van der Waals surface area contributed by atoms with Gasteiger partial charge in [-0.1, -0.05) is 32.0 Å². The van der Waals surface area contributed by atoms with E-state index in [1.165, 1.54) is 6.07 Å². The van der Waals surface area contributed by atoms with Crippen molar-refractivity contribution in [2.24, 2.45) is 0 Å². The molecule has 2 aromatic rings. The molecule has 0 saturated carbocycles. The number of hydrogen-bond donors (Lipinski definition) is 1. The maximum atomic E-state index is 13.4. The molecule has 132 valence electrons. The molecule has 1 heterocycles. The number of carbonyl (C=O) groups is 1. The lowest BCUT2D eigenvalue weighted by molar-refractivity contribution is -0.115. The molecular formula is C21H25FN2O. The summed E-state index contributed by atoms with van der Waals surface area (Å²) in [4.78, 5) is 14.7. The van der Waals surface area contributed by atoms with E-state index >= 15 is 0 Å². The average Bonchev–Trinajstić information content (AvgIpc) is 2.61. The van der Waals surface area contributed by atoms with Crippen LogP contribution in [0.4, 0.5) is 15.8 Å². The monoisotopic (exact) mass is 340 g/mol. The summed E-state index contributed by atoms with van der Waals surface area (Å²) >= 11 is 0. The highest BCUT2D eigenvalue weighted by Crippen LogP contribution is 2.28. The number of benzene rings is 2. The first-order chi connectivity index (χ1) is 12.1. The van der Waals surface area contributed by atoms with Crippen LogP contribution in [0.1, 0.15) is 37.0 Å². The number of aryl methyl sites for hydroxylation is 3. The van der Waals surface area contributed by atoms with E-state index in [1.807, 2.05) is 11.0 Å². The van der Waals surface area contributed by atoms with E-state index in [4.69, 9.17) is 0 Å². The highest BCUT2D eigenvalue weighted by atomic mass is 19.1. The summed E-state index contributed by atoms with van der Waals surface area (Å²) in [5.74, 6) is -0.234. The van der Waals surface area contributed by atoms with E-state index in [0.717, 1.165) is 60.3 Å². The van der Waals surface area contributed by atoms with Gasteiger partial charge in [0.2, 0.25) is 5.91 Å². The van der Waals surface area contributed by atoms with Gasteiger partial charge in [-0.2, -0.15) is 0 Å². The number of hydrogen-bond acceptors (Lipinski definition) is 2. The number of para-hydroxylation sites is 1. The first-order valence-electron chi connectivity index (χ1n) is 9.06. The third-order valence-electron chi connectivity index (χ3n) is 4.85. The van der Waals surface area contributed by atoms with Crippen molar-refractivity contribution in [3.8, 4) is 0 Å². The van der Waals surface area contributed by atoms with Crippen molar-refractivity contribution in [2.45, 2.75) is 39.5 Å². The van der Waals surface area contributed by atoms with Crippen LogP contribution in [0.2, 0.25) is 0 Å². The highest BCUT2D eigenvalue weighted by molar-refractivity contribution is 5.95. The second kappa shape index (κ2) is 7.68. The predicted octanol–water partition coefficient (Wildman–Crippen LogP) is 4.34. The van der Waals surface area contributed by atoms with Crippen LogP contribution in [0.25, 0.3) is 0 Å². The topological polar surface area (TPSA) is 32.3 Å². The zero-order valence-electron chi connectivity index (χ0n) is 14.9. The molecule has 0 fully saturated rings. The Labute approximate surface area is 148 Å². The Bertz CT molecular complexity index is 750. The number of nitrogens with zero attached hydrogens (tertiary/aromatic N) is 1. The molecule has 1 aliphatic heterocycles. The molecule has 25 heavy (non-hydrogen) atoms. The molecule has 0 radical (unpaired) electrons. The van der Waals surface area contributed by atoms with Crippen LogP contribution in [0, 0.1) is 5.82 Å². The van der Waals surface area contributed by atoms with E-state index in [-0.39, 0.29) is 11.7 Å². The zero-order chi connectivity index (χ0) is 17.8. The lowest BCUT2D eigenvalue weighted by Crippen LogP contribution is -2.37. The molecule has 0 saturated heterocycles. The molecule has 1 aliphatic rings. The molecule has 3 rings (SSSR count). The second-order valence-electron chi connectivity index (χ2n) is 6.50. The van der Waals surface area contributed by atoms with Crippen LogP contribution in [-0.4, -0.2) is 19.0 Å². The normalized spacial score (nSPS) is 13.5. The fraction of sp³-hybridized carbons (Fsp3) is 0.381. The Morgan fingerprint density at radius 2 is 1.88 bits per heavy atom. The number of anilines is 2. The van der Waals surface area contributed by atoms with Gasteiger partial charge in [0, 0.05) is 17.9 Å². The highest BCUT2D eigenvalue weighted by Gasteiger charge is 2.20. The first-order valence-corrected chi connectivity index (χ1v) is 9.06. The first kappa shape index (κ1) is 17.5. The maximum Gasteiger partial charge on any atom is 0.243 e. The Morgan fingerprint density at radius 1 is 1.16 bits per heavy atom. The van der Waals surface area contributed by atoms with Crippen LogP contribution in [0.3, 0.4) is 0 Å². The third kappa shape index (κ3) is 3.84. The van der Waals surface area contributed by atoms with E-state index in [2.05, 4.69) is 31.3 Å². The molecular weight excluding hydrogens is 315 g/mol. The molecule has 1 N–H and O–H groups in total. The van der Waals surface area contributed by atoms with E-state index in [9.17, 15) is 9.18 Å². The van der Waals surface area contributed by atoms with Gasteiger partial charge >= 0.3 is 0 Å². The van der Waals surface area contributed by atoms with E-state index in [1.54, 1.807) is 12.1 Å². The SMILES string of the molecule is CCc1cccc(CC)c1NC(=O)CN1CCCc2cc(F)ccc21. The van der Waals surface area contributed by atoms with Gasteiger partial charge in [-0.25, -0.2) is 4.39 Å². The van der Waals surface area contributed by atoms with Crippen molar-refractivity contribution < 1.29 is 9.18 Å². The third-order valence-corrected chi connectivity index (χ3v) is 4.85. The largest absolute Gasteiger partial charge is 0.362 e. The van der Waals surface area contributed by atoms with E-state index < -0.39 is 0 Å². The smallest absolute Gasteiger partial charge is 0.243 e. The number of fused-ring (bicyclic) bond motifs is 1. The molecule has 0 atom stereocenters. The lowest BCUT2D eigenvalue weighted by Gasteiger charge is -2.31. The summed E-state index contributed by atoms with van der Waals surface area (Å²) in [6.45, 7) is 5.31. The quantitative estimate of drug-likeness (QED) is 0.878. The summed E-state index contributed by atoms with van der Waals surface area (Å²) in [5, 5.41) is 3.12. The van der Waals surface area contributed by atoms with Crippen molar-refractivity contribution in [2.75, 3.05) is 23.3 Å². The molecule has 1 amide bonds. The Morgan fingerprint density at radius 3 is 2.56 bits per heavy atom. The van der Waals surface area contributed by atoms with Crippen molar-refractivity contribution in [1.29, 1.82) is 0 Å². The fourth-order valence-corrected chi connectivity index (χ4v) is 3.56. The van der Waals surface area contributed by atoms with Gasteiger partial charge in [-0.05, 0) is 60.6 Å². The van der Waals surface area contributed by atoms with Crippen molar-refractivity contribution >= 4 is 17.3 Å². The molecule has 0 bridgehead atoms. The van der Waals surface area contributed by atoms with Gasteiger partial charge in [0.25, 0.3) is 0 Å². The number of amides is 1. The summed E-state index contributed by atoms with van der Waals surface area (Å²) in [6.07, 6.45) is 3.57. The van der Waals surface area contributed by atoms with Gasteiger partial charge in [0.1, 0.15) is 5.82 Å².